The zero-order chi connectivity index (χ0) is 17.5. The van der Waals surface area contributed by atoms with Crippen LogP contribution in [0.25, 0.3) is 0 Å². The third-order valence-electron chi connectivity index (χ3n) is 2.75. The number of alkyl halides is 3. The van der Waals surface area contributed by atoms with Crippen LogP contribution in [0.1, 0.15) is 32.2 Å². The standard InChI is InChI=1S/C12H20F3N3O3S/c1-7-10(22(20,21)17-11(3,4)5)8(2)18(16-7)6-9(19)12(13,14)15/h9,17,19H,6H2,1-5H3. The number of aryl methyl sites for hydroxylation is 1. The fourth-order valence-corrected chi connectivity index (χ4v) is 3.80. The molecule has 2 N–H and O–H groups in total. The number of nitrogens with one attached hydrogen (secondary N) is 1. The molecule has 22 heavy (non-hydrogen) atoms. The highest BCUT2D eigenvalue weighted by molar-refractivity contribution is 7.89. The molecule has 0 saturated carbocycles. The van der Waals surface area contributed by atoms with Gasteiger partial charge in [0.15, 0.2) is 6.10 Å². The topological polar surface area (TPSA) is 84.2 Å². The molecule has 128 valence electrons. The molecule has 0 aromatic carbocycles. The fourth-order valence-electron chi connectivity index (χ4n) is 1.97. The first-order chi connectivity index (χ1) is 9.65. The van der Waals surface area contributed by atoms with Crippen molar-refractivity contribution in [3.8, 4) is 0 Å². The number of hydrogen-bond acceptors (Lipinski definition) is 4. The summed E-state index contributed by atoms with van der Waals surface area (Å²) in [5.41, 5.74) is -0.633. The van der Waals surface area contributed by atoms with Crippen molar-refractivity contribution in [1.82, 2.24) is 14.5 Å². The average Bonchev–Trinajstić information content (AvgIpc) is 2.49. The fraction of sp³-hybridized carbons (Fsp3) is 0.750. The van der Waals surface area contributed by atoms with Crippen molar-refractivity contribution in [3.05, 3.63) is 11.4 Å². The Hall–Kier alpha value is -1.13. The number of sulfonamides is 1. The molecule has 1 aromatic rings. The number of aromatic nitrogens is 2. The average molecular weight is 343 g/mol. The molecule has 0 saturated heterocycles. The van der Waals surface area contributed by atoms with Crippen LogP contribution >= 0.6 is 0 Å². The third kappa shape index (κ3) is 4.43. The van der Waals surface area contributed by atoms with Gasteiger partial charge in [-0.1, -0.05) is 0 Å². The minimum atomic E-state index is -4.80. The van der Waals surface area contributed by atoms with E-state index in [1.807, 2.05) is 0 Å². The van der Waals surface area contributed by atoms with Gasteiger partial charge in [0.1, 0.15) is 4.90 Å². The molecule has 0 amide bonds. The van der Waals surface area contributed by atoms with Crippen LogP contribution < -0.4 is 4.72 Å². The molecule has 1 atom stereocenters. The summed E-state index contributed by atoms with van der Waals surface area (Å²) in [6, 6.07) is 0. The Bertz CT molecular complexity index is 645. The lowest BCUT2D eigenvalue weighted by molar-refractivity contribution is -0.208. The van der Waals surface area contributed by atoms with Crippen LogP contribution in [0, 0.1) is 13.8 Å². The van der Waals surface area contributed by atoms with Crippen LogP contribution in [0.5, 0.6) is 0 Å². The van der Waals surface area contributed by atoms with Gasteiger partial charge in [0.05, 0.1) is 17.9 Å². The van der Waals surface area contributed by atoms with Crippen molar-refractivity contribution in [2.45, 2.75) is 63.9 Å². The van der Waals surface area contributed by atoms with E-state index in [4.69, 9.17) is 5.11 Å². The second-order valence-corrected chi connectivity index (χ2v) is 7.71. The van der Waals surface area contributed by atoms with E-state index in [1.165, 1.54) is 13.8 Å². The molecular weight excluding hydrogens is 323 g/mol. The summed E-state index contributed by atoms with van der Waals surface area (Å²) in [6.07, 6.45) is -7.41. The van der Waals surface area contributed by atoms with E-state index in [0.717, 1.165) is 4.68 Å². The molecule has 1 rings (SSSR count). The van der Waals surface area contributed by atoms with E-state index in [0.29, 0.717) is 0 Å². The highest BCUT2D eigenvalue weighted by Crippen LogP contribution is 2.25. The summed E-state index contributed by atoms with van der Waals surface area (Å²) in [5, 5.41) is 12.9. The van der Waals surface area contributed by atoms with Crippen LogP contribution in [0.15, 0.2) is 4.90 Å². The van der Waals surface area contributed by atoms with Crippen molar-refractivity contribution < 1.29 is 26.7 Å². The molecule has 10 heteroatoms. The van der Waals surface area contributed by atoms with Crippen molar-refractivity contribution in [1.29, 1.82) is 0 Å². The molecule has 6 nitrogen and oxygen atoms in total. The van der Waals surface area contributed by atoms with Gasteiger partial charge in [-0.15, -0.1) is 0 Å². The smallest absolute Gasteiger partial charge is 0.382 e. The first-order valence-electron chi connectivity index (χ1n) is 6.48. The van der Waals surface area contributed by atoms with Gasteiger partial charge in [0.2, 0.25) is 10.0 Å². The van der Waals surface area contributed by atoms with Crippen molar-refractivity contribution in [3.63, 3.8) is 0 Å². The quantitative estimate of drug-likeness (QED) is 0.868. The molecule has 0 spiro atoms. The van der Waals surface area contributed by atoms with Gasteiger partial charge in [0.25, 0.3) is 0 Å². The largest absolute Gasteiger partial charge is 0.416 e. The number of aliphatic hydroxyl groups excluding tert-OH is 1. The van der Waals surface area contributed by atoms with Gasteiger partial charge >= 0.3 is 6.18 Å². The van der Waals surface area contributed by atoms with Gasteiger partial charge in [0, 0.05) is 5.54 Å². The Morgan fingerprint density at radius 3 is 2.18 bits per heavy atom. The van der Waals surface area contributed by atoms with Crippen molar-refractivity contribution in [2.75, 3.05) is 0 Å². The van der Waals surface area contributed by atoms with E-state index in [-0.39, 0.29) is 16.3 Å². The van der Waals surface area contributed by atoms with Gasteiger partial charge in [-0.25, -0.2) is 13.1 Å². The van der Waals surface area contributed by atoms with Crippen molar-refractivity contribution >= 4 is 10.0 Å². The molecule has 0 aliphatic heterocycles. The first kappa shape index (κ1) is 18.9. The molecule has 0 aliphatic carbocycles. The molecule has 0 fully saturated rings. The van der Waals surface area contributed by atoms with Gasteiger partial charge in [-0.05, 0) is 34.6 Å². The summed E-state index contributed by atoms with van der Waals surface area (Å²) in [7, 11) is -3.93. The predicted molar refractivity (Wildman–Crippen MR) is 73.8 cm³/mol. The summed E-state index contributed by atoms with van der Waals surface area (Å²) < 4.78 is 65.2. The second kappa shape index (κ2) is 5.82. The zero-order valence-electron chi connectivity index (χ0n) is 13.0. The highest BCUT2D eigenvalue weighted by Gasteiger charge is 2.39. The van der Waals surface area contributed by atoms with Gasteiger partial charge < -0.3 is 5.11 Å². The van der Waals surface area contributed by atoms with Gasteiger partial charge in [-0.2, -0.15) is 18.3 Å². The van der Waals surface area contributed by atoms with E-state index in [9.17, 15) is 21.6 Å². The Balaban J connectivity index is 3.21. The number of hydrogen-bond donors (Lipinski definition) is 2. The lowest BCUT2D eigenvalue weighted by atomic mass is 10.1. The molecular formula is C12H20F3N3O3S. The summed E-state index contributed by atoms with van der Waals surface area (Å²) in [5.74, 6) is 0. The summed E-state index contributed by atoms with van der Waals surface area (Å²) in [4.78, 5) is -0.170. The Morgan fingerprint density at radius 1 is 1.27 bits per heavy atom. The maximum Gasteiger partial charge on any atom is 0.416 e. The molecule has 1 heterocycles. The van der Waals surface area contributed by atoms with Gasteiger partial charge in [-0.3, -0.25) is 4.68 Å². The number of aliphatic hydroxyl groups is 1. The van der Waals surface area contributed by atoms with Crippen LogP contribution in [0.2, 0.25) is 0 Å². The first-order valence-corrected chi connectivity index (χ1v) is 7.96. The summed E-state index contributed by atoms with van der Waals surface area (Å²) in [6.45, 7) is 6.81. The lowest BCUT2D eigenvalue weighted by Crippen LogP contribution is -2.40. The SMILES string of the molecule is Cc1nn(CC(O)C(F)(F)F)c(C)c1S(=O)(=O)NC(C)(C)C. The van der Waals surface area contributed by atoms with E-state index < -0.39 is 34.4 Å². The van der Waals surface area contributed by atoms with Crippen LogP contribution in [-0.4, -0.2) is 41.1 Å². The number of rotatable bonds is 4. The molecule has 1 aromatic heterocycles. The third-order valence-corrected chi connectivity index (χ3v) is 4.76. The maximum absolute atomic E-state index is 12.4. The Morgan fingerprint density at radius 2 is 1.77 bits per heavy atom. The maximum atomic E-state index is 12.4. The van der Waals surface area contributed by atoms with Crippen molar-refractivity contribution in [2.24, 2.45) is 0 Å². The van der Waals surface area contributed by atoms with Crippen LogP contribution in [-0.2, 0) is 16.6 Å². The predicted octanol–water partition coefficient (Wildman–Crippen LogP) is 1.50. The molecule has 0 aliphatic rings. The number of halogens is 3. The minimum Gasteiger partial charge on any atom is -0.382 e. The highest BCUT2D eigenvalue weighted by atomic mass is 32.2. The van der Waals surface area contributed by atoms with E-state index >= 15 is 0 Å². The molecule has 1 unspecified atom stereocenters. The Labute approximate surface area is 127 Å². The van der Waals surface area contributed by atoms with E-state index in [2.05, 4.69) is 9.82 Å². The molecule has 0 radical (unpaired) electrons. The lowest BCUT2D eigenvalue weighted by Gasteiger charge is -2.20. The van der Waals surface area contributed by atoms with Crippen LogP contribution in [0.3, 0.4) is 0 Å². The monoisotopic (exact) mass is 343 g/mol. The second-order valence-electron chi connectivity index (χ2n) is 6.09. The molecule has 0 bridgehead atoms. The normalized spacial score (nSPS) is 15.1. The van der Waals surface area contributed by atoms with E-state index in [1.54, 1.807) is 20.8 Å². The van der Waals surface area contributed by atoms with Crippen LogP contribution in [0.4, 0.5) is 13.2 Å². The Kier molecular flexibility index (Phi) is 5.00. The zero-order valence-corrected chi connectivity index (χ0v) is 13.8. The minimum absolute atomic E-state index is 0.0394. The summed E-state index contributed by atoms with van der Waals surface area (Å²) >= 11 is 0. The number of nitrogens with zero attached hydrogens (tertiary/aromatic N) is 2.